The van der Waals surface area contributed by atoms with Gasteiger partial charge in [0.05, 0.1) is 17.1 Å². The van der Waals surface area contributed by atoms with E-state index >= 15 is 0 Å². The Morgan fingerprint density at radius 2 is 0.526 bits per heavy atom. The average Bonchev–Trinajstić information content (AvgIpc) is 4.34. The number of nitrogens with zero attached hydrogens (tertiary/aromatic N) is 6. The fourth-order valence-electron chi connectivity index (χ4n) is 8.13. The van der Waals surface area contributed by atoms with Gasteiger partial charge in [0.15, 0.2) is 0 Å². The van der Waals surface area contributed by atoms with Gasteiger partial charge >= 0.3 is 17.1 Å². The maximum Gasteiger partial charge on any atom is 3.00 e. The SMILES string of the molecule is C(#Cc1ccc(C(=C2C=CC=N2)c2ccc[n-]2)cc1)c1ccccc1.C(#Cc1ccc(C(=C2C=CC=N2)c2ccc[n-]2)cc1)c1ccccc1.C(#Cc1ccc(C(=C2C=CC=N2)c2ccc[n-]2)cc1)c1ccccc1.[Fe+3]. The Morgan fingerprint density at radius 3 is 0.737 bits per heavy atom. The molecule has 0 spiro atoms. The third-order valence-corrected chi connectivity index (χ3v) is 11.8. The minimum atomic E-state index is 0. The number of aliphatic imine (C=N–C) groups is 3. The van der Waals surface area contributed by atoms with Crippen LogP contribution >= 0.6 is 0 Å². The van der Waals surface area contributed by atoms with Crippen molar-refractivity contribution in [1.29, 1.82) is 0 Å². The molecule has 0 aliphatic carbocycles. The molecule has 12 rings (SSSR count). The van der Waals surface area contributed by atoms with E-state index in [9.17, 15) is 0 Å². The van der Waals surface area contributed by atoms with Crippen LogP contribution in [0.2, 0.25) is 0 Å². The van der Waals surface area contributed by atoms with Gasteiger partial charge in [0, 0.05) is 52.0 Å². The van der Waals surface area contributed by atoms with Crippen molar-refractivity contribution in [2.24, 2.45) is 15.0 Å². The number of hydrogen-bond donors (Lipinski definition) is 0. The summed E-state index contributed by atoms with van der Waals surface area (Å²) in [6, 6.07) is 66.5. The van der Waals surface area contributed by atoms with Crippen molar-refractivity contribution in [2.75, 3.05) is 0 Å². The molecule has 6 aromatic carbocycles. The number of allylic oxidation sites excluding steroid dienone is 6. The molecule has 7 heteroatoms. The number of rotatable bonds is 6. The zero-order chi connectivity index (χ0) is 50.7. The number of aromatic nitrogens is 3. The van der Waals surface area contributed by atoms with Gasteiger partial charge in [-0.15, -0.1) is 17.1 Å². The molecule has 3 aliphatic rings. The zero-order valence-corrected chi connectivity index (χ0v) is 42.1. The van der Waals surface area contributed by atoms with Crippen molar-refractivity contribution in [3.8, 4) is 35.5 Å². The molecule has 0 bridgehead atoms. The number of hydrogen-bond acceptors (Lipinski definition) is 3. The van der Waals surface area contributed by atoms with Crippen molar-refractivity contribution in [2.45, 2.75) is 0 Å². The van der Waals surface area contributed by atoms with Crippen LogP contribution in [0.25, 0.3) is 16.7 Å². The third-order valence-electron chi connectivity index (χ3n) is 11.8. The van der Waals surface area contributed by atoms with Crippen molar-refractivity contribution in [1.82, 2.24) is 15.0 Å². The summed E-state index contributed by atoms with van der Waals surface area (Å²) in [5, 5.41) is 0. The monoisotopic (exact) mass is 1010 g/mol. The van der Waals surface area contributed by atoms with Gasteiger partial charge in [-0.1, -0.05) is 163 Å². The Morgan fingerprint density at radius 1 is 0.276 bits per heavy atom. The maximum atomic E-state index is 4.44. The first-order valence-electron chi connectivity index (χ1n) is 24.3. The quantitative estimate of drug-likeness (QED) is 0.123. The summed E-state index contributed by atoms with van der Waals surface area (Å²) < 4.78 is 0. The first kappa shape index (κ1) is 50.7. The Hall–Kier alpha value is -10.2. The summed E-state index contributed by atoms with van der Waals surface area (Å²) in [4.78, 5) is 26.7. The van der Waals surface area contributed by atoms with Crippen LogP contribution in [0.3, 0.4) is 0 Å². The summed E-state index contributed by atoms with van der Waals surface area (Å²) in [5.74, 6) is 19.2. The molecule has 0 fully saturated rings. The average molecular weight is 1010 g/mol. The molecule has 359 valence electrons. The van der Waals surface area contributed by atoms with Crippen LogP contribution in [0, 0.1) is 35.5 Å². The van der Waals surface area contributed by atoms with E-state index in [0.717, 1.165) is 101 Å². The first-order valence-corrected chi connectivity index (χ1v) is 24.3. The van der Waals surface area contributed by atoms with Crippen molar-refractivity contribution in [3.63, 3.8) is 0 Å². The normalized spacial score (nSPS) is 14.1. The molecule has 0 amide bonds. The fourth-order valence-corrected chi connectivity index (χ4v) is 8.13. The predicted octanol–water partition coefficient (Wildman–Crippen LogP) is 13.3. The molecule has 0 saturated carbocycles. The van der Waals surface area contributed by atoms with Crippen LogP contribution in [0.4, 0.5) is 0 Å². The van der Waals surface area contributed by atoms with E-state index in [4.69, 9.17) is 0 Å². The van der Waals surface area contributed by atoms with Crippen molar-refractivity contribution < 1.29 is 17.1 Å². The molecule has 9 aromatic rings. The second-order valence-corrected chi connectivity index (χ2v) is 16.8. The van der Waals surface area contributed by atoms with Crippen molar-refractivity contribution in [3.05, 3.63) is 339 Å². The Labute approximate surface area is 454 Å². The summed E-state index contributed by atoms with van der Waals surface area (Å²) in [6.07, 6.45) is 22.7. The van der Waals surface area contributed by atoms with Gasteiger partial charge in [-0.05, 0) is 143 Å². The van der Waals surface area contributed by atoms with E-state index in [1.54, 1.807) is 37.2 Å². The van der Waals surface area contributed by atoms with Crippen LogP contribution in [0.15, 0.2) is 287 Å². The van der Waals surface area contributed by atoms with E-state index in [1.165, 1.54) is 0 Å². The van der Waals surface area contributed by atoms with E-state index < -0.39 is 0 Å². The first-order chi connectivity index (χ1) is 37.2. The Kier molecular flexibility index (Phi) is 17.3. The zero-order valence-electron chi connectivity index (χ0n) is 41.0. The van der Waals surface area contributed by atoms with Gasteiger partial charge in [-0.25, -0.2) is 0 Å². The van der Waals surface area contributed by atoms with Crippen LogP contribution in [0.1, 0.15) is 67.2 Å². The molecule has 6 nitrogen and oxygen atoms in total. The summed E-state index contributed by atoms with van der Waals surface area (Å²) in [7, 11) is 0. The Bertz CT molecular complexity index is 3400. The van der Waals surface area contributed by atoms with Crippen LogP contribution in [-0.2, 0) is 17.1 Å². The molecule has 0 saturated heterocycles. The van der Waals surface area contributed by atoms with Crippen molar-refractivity contribution >= 4 is 35.4 Å². The van der Waals surface area contributed by atoms with Gasteiger partial charge in [0.1, 0.15) is 0 Å². The molecule has 0 atom stereocenters. The molecule has 3 aromatic heterocycles. The summed E-state index contributed by atoms with van der Waals surface area (Å²) in [5.41, 5.74) is 18.0. The maximum absolute atomic E-state index is 4.44. The third kappa shape index (κ3) is 13.4. The summed E-state index contributed by atoms with van der Waals surface area (Å²) >= 11 is 0. The molecule has 76 heavy (non-hydrogen) atoms. The van der Waals surface area contributed by atoms with Crippen LogP contribution in [-0.4, -0.2) is 18.6 Å². The van der Waals surface area contributed by atoms with Gasteiger partial charge in [0.25, 0.3) is 0 Å². The van der Waals surface area contributed by atoms with Gasteiger partial charge in [-0.3, -0.25) is 15.0 Å². The van der Waals surface area contributed by atoms with Gasteiger partial charge < -0.3 is 15.0 Å². The molecule has 1 radical (unpaired) electrons. The fraction of sp³-hybridized carbons (Fsp3) is 0. The van der Waals surface area contributed by atoms with Crippen LogP contribution < -0.4 is 15.0 Å². The van der Waals surface area contributed by atoms with E-state index in [2.05, 4.69) is 102 Å². The second kappa shape index (κ2) is 26.0. The molecule has 0 N–H and O–H groups in total. The minimum absolute atomic E-state index is 0. The molecular formula is C69H45FeN6. The summed E-state index contributed by atoms with van der Waals surface area (Å²) in [6.45, 7) is 0. The molecule has 6 heterocycles. The predicted molar refractivity (Wildman–Crippen MR) is 307 cm³/mol. The topological polar surface area (TPSA) is 79.4 Å². The smallest absolute Gasteiger partial charge is 0.664 e. The van der Waals surface area contributed by atoms with Crippen LogP contribution in [0.5, 0.6) is 0 Å². The minimum Gasteiger partial charge on any atom is -0.664 e. The van der Waals surface area contributed by atoms with Gasteiger partial charge in [0.2, 0.25) is 0 Å². The standard InChI is InChI=1S/3C23H15N2.Fe/c3*1-2-6-18(7-3-1)10-11-19-12-14-20(15-13-19)23(21-8-4-16-24-21)22-9-5-17-25-22;/h3*1-9,12-17H;/q3*-1;+3. The van der Waals surface area contributed by atoms with E-state index in [1.807, 2.05) is 200 Å². The Balaban J connectivity index is 0.000000138. The largest absolute Gasteiger partial charge is 3.00 e. The van der Waals surface area contributed by atoms with Gasteiger partial charge in [-0.2, -0.15) is 18.6 Å². The van der Waals surface area contributed by atoms with E-state index in [0.29, 0.717) is 0 Å². The molecule has 3 aliphatic heterocycles. The molecular weight excluding hydrogens is 969 g/mol. The second-order valence-electron chi connectivity index (χ2n) is 16.8. The molecule has 0 unspecified atom stereocenters. The number of benzene rings is 6. The van der Waals surface area contributed by atoms with E-state index in [-0.39, 0.29) is 17.1 Å².